The first-order valence-electron chi connectivity index (χ1n) is 6.21. The molecule has 1 fully saturated rings. The molecule has 0 aliphatic heterocycles. The van der Waals surface area contributed by atoms with Crippen molar-refractivity contribution in [1.29, 1.82) is 0 Å². The van der Waals surface area contributed by atoms with Crippen molar-refractivity contribution in [3.63, 3.8) is 0 Å². The molecule has 1 aromatic rings. The molecule has 100 valence electrons. The number of nitrogens with zero attached hydrogens (tertiary/aromatic N) is 1. The van der Waals surface area contributed by atoms with E-state index in [4.69, 9.17) is 0 Å². The fraction of sp³-hybridized carbons (Fsp3) is 0.615. The first kappa shape index (κ1) is 13.5. The highest BCUT2D eigenvalue weighted by atomic mass is 32.1. The van der Waals surface area contributed by atoms with E-state index in [-0.39, 0.29) is 12.5 Å². The van der Waals surface area contributed by atoms with Gasteiger partial charge in [0.1, 0.15) is 5.60 Å². The second kappa shape index (κ2) is 5.38. The Bertz CT molecular complexity index is 399. The van der Waals surface area contributed by atoms with Crippen molar-refractivity contribution in [1.82, 2.24) is 10.2 Å². The molecule has 1 aliphatic rings. The molecule has 1 aliphatic carbocycles. The van der Waals surface area contributed by atoms with Crippen LogP contribution in [0.5, 0.6) is 0 Å². The van der Waals surface area contributed by atoms with Crippen LogP contribution in [-0.2, 0) is 10.4 Å². The van der Waals surface area contributed by atoms with Gasteiger partial charge < -0.3 is 10.4 Å². The molecule has 18 heavy (non-hydrogen) atoms. The quantitative estimate of drug-likeness (QED) is 0.814. The van der Waals surface area contributed by atoms with Gasteiger partial charge in [0.2, 0.25) is 5.91 Å². The maximum absolute atomic E-state index is 11.7. The molecule has 1 atom stereocenters. The fourth-order valence-electron chi connectivity index (χ4n) is 1.87. The third kappa shape index (κ3) is 3.54. The second-order valence-electron chi connectivity index (χ2n) is 5.21. The van der Waals surface area contributed by atoms with Crippen LogP contribution in [0.3, 0.4) is 0 Å². The Kier molecular flexibility index (Phi) is 4.04. The minimum absolute atomic E-state index is 0.0279. The Hall–Kier alpha value is -0.910. The van der Waals surface area contributed by atoms with E-state index in [9.17, 15) is 9.90 Å². The monoisotopic (exact) mass is 268 g/mol. The van der Waals surface area contributed by atoms with Crippen molar-refractivity contribution in [3.8, 4) is 0 Å². The summed E-state index contributed by atoms with van der Waals surface area (Å²) < 4.78 is 0. The lowest BCUT2D eigenvalue weighted by atomic mass is 9.99. The van der Waals surface area contributed by atoms with E-state index in [0.29, 0.717) is 12.6 Å². The molecule has 2 rings (SSSR count). The maximum Gasteiger partial charge on any atom is 0.234 e. The molecule has 0 saturated heterocycles. The predicted octanol–water partition coefficient (Wildman–Crippen LogP) is 1.17. The first-order chi connectivity index (χ1) is 8.49. The number of thiophene rings is 1. The van der Waals surface area contributed by atoms with Crippen LogP contribution in [0.15, 0.2) is 16.8 Å². The van der Waals surface area contributed by atoms with Crippen LogP contribution in [0.4, 0.5) is 0 Å². The summed E-state index contributed by atoms with van der Waals surface area (Å²) in [4.78, 5) is 13.8. The largest absolute Gasteiger partial charge is 0.384 e. The molecule has 0 bridgehead atoms. The Labute approximate surface area is 112 Å². The highest BCUT2D eigenvalue weighted by Gasteiger charge is 2.28. The summed E-state index contributed by atoms with van der Waals surface area (Å²) in [5.41, 5.74) is -0.142. The van der Waals surface area contributed by atoms with Crippen molar-refractivity contribution in [2.45, 2.75) is 31.4 Å². The molecule has 0 aromatic carbocycles. The molecule has 1 heterocycles. The van der Waals surface area contributed by atoms with Crippen molar-refractivity contribution >= 4 is 17.2 Å². The molecule has 0 radical (unpaired) electrons. The summed E-state index contributed by atoms with van der Waals surface area (Å²) in [6.45, 7) is 2.38. The molecule has 1 aromatic heterocycles. The van der Waals surface area contributed by atoms with Gasteiger partial charge in [-0.1, -0.05) is 0 Å². The van der Waals surface area contributed by atoms with Crippen LogP contribution in [0, 0.1) is 0 Å². The average Bonchev–Trinajstić information content (AvgIpc) is 3.01. The topological polar surface area (TPSA) is 52.6 Å². The number of aliphatic hydroxyl groups is 1. The van der Waals surface area contributed by atoms with Gasteiger partial charge >= 0.3 is 0 Å². The van der Waals surface area contributed by atoms with Crippen LogP contribution in [-0.4, -0.2) is 42.1 Å². The van der Waals surface area contributed by atoms with E-state index in [1.54, 1.807) is 18.3 Å². The molecule has 1 unspecified atom stereocenters. The van der Waals surface area contributed by atoms with E-state index < -0.39 is 5.60 Å². The van der Waals surface area contributed by atoms with Crippen molar-refractivity contribution in [2.24, 2.45) is 0 Å². The van der Waals surface area contributed by atoms with Gasteiger partial charge in [-0.15, -0.1) is 0 Å². The number of hydrogen-bond donors (Lipinski definition) is 2. The minimum atomic E-state index is -0.992. The fourth-order valence-corrected chi connectivity index (χ4v) is 2.65. The SMILES string of the molecule is CN(CC(=O)NCC(C)(O)c1ccsc1)C1CC1. The van der Waals surface area contributed by atoms with E-state index in [1.165, 1.54) is 12.8 Å². The zero-order chi connectivity index (χ0) is 13.2. The Morgan fingerprint density at radius 2 is 2.39 bits per heavy atom. The first-order valence-corrected chi connectivity index (χ1v) is 7.15. The number of hydrogen-bond acceptors (Lipinski definition) is 4. The zero-order valence-corrected chi connectivity index (χ0v) is 11.7. The second-order valence-corrected chi connectivity index (χ2v) is 5.99. The lowest BCUT2D eigenvalue weighted by Gasteiger charge is -2.23. The lowest BCUT2D eigenvalue weighted by molar-refractivity contribution is -0.123. The third-order valence-electron chi connectivity index (χ3n) is 3.34. The molecule has 1 saturated carbocycles. The Balaban J connectivity index is 1.78. The predicted molar refractivity (Wildman–Crippen MR) is 72.6 cm³/mol. The van der Waals surface area contributed by atoms with Gasteiger partial charge in [-0.05, 0) is 49.2 Å². The molecular formula is C13H20N2O2S. The average molecular weight is 268 g/mol. The molecule has 0 spiro atoms. The molecular weight excluding hydrogens is 248 g/mol. The number of amides is 1. The van der Waals surface area contributed by atoms with E-state index in [1.807, 2.05) is 23.9 Å². The van der Waals surface area contributed by atoms with Crippen LogP contribution in [0.25, 0.3) is 0 Å². The van der Waals surface area contributed by atoms with E-state index >= 15 is 0 Å². The van der Waals surface area contributed by atoms with Crippen LogP contribution < -0.4 is 5.32 Å². The maximum atomic E-state index is 11.7. The van der Waals surface area contributed by atoms with Gasteiger partial charge in [0.25, 0.3) is 0 Å². The van der Waals surface area contributed by atoms with Gasteiger partial charge in [-0.3, -0.25) is 9.69 Å². The standard InChI is InChI=1S/C13H20N2O2S/c1-13(17,10-5-6-18-8-10)9-14-12(16)7-15(2)11-3-4-11/h5-6,8,11,17H,3-4,7,9H2,1-2H3,(H,14,16). The summed E-state index contributed by atoms with van der Waals surface area (Å²) in [5.74, 6) is -0.0279. The Morgan fingerprint density at radius 3 is 2.94 bits per heavy atom. The number of carbonyl (C=O) groups is 1. The van der Waals surface area contributed by atoms with Crippen molar-refractivity contribution in [2.75, 3.05) is 20.1 Å². The molecule has 4 nitrogen and oxygen atoms in total. The van der Waals surface area contributed by atoms with Gasteiger partial charge in [-0.25, -0.2) is 0 Å². The summed E-state index contributed by atoms with van der Waals surface area (Å²) in [6.07, 6.45) is 2.38. The summed E-state index contributed by atoms with van der Waals surface area (Å²) in [5, 5.41) is 16.9. The number of carbonyl (C=O) groups excluding carboxylic acids is 1. The summed E-state index contributed by atoms with van der Waals surface area (Å²) in [7, 11) is 1.97. The molecule has 1 amide bonds. The van der Waals surface area contributed by atoms with Crippen molar-refractivity contribution < 1.29 is 9.90 Å². The number of nitrogens with one attached hydrogen (secondary N) is 1. The summed E-state index contributed by atoms with van der Waals surface area (Å²) in [6, 6.07) is 2.46. The van der Waals surface area contributed by atoms with E-state index in [2.05, 4.69) is 10.2 Å². The highest BCUT2D eigenvalue weighted by molar-refractivity contribution is 7.08. The number of likely N-dealkylation sites (N-methyl/N-ethyl adjacent to an activating group) is 1. The van der Waals surface area contributed by atoms with E-state index in [0.717, 1.165) is 5.56 Å². The minimum Gasteiger partial charge on any atom is -0.384 e. The van der Waals surface area contributed by atoms with Crippen LogP contribution in [0.1, 0.15) is 25.3 Å². The molecule has 5 heteroatoms. The third-order valence-corrected chi connectivity index (χ3v) is 4.02. The summed E-state index contributed by atoms with van der Waals surface area (Å²) >= 11 is 1.54. The Morgan fingerprint density at radius 1 is 1.67 bits per heavy atom. The van der Waals surface area contributed by atoms with Crippen molar-refractivity contribution in [3.05, 3.63) is 22.4 Å². The van der Waals surface area contributed by atoms with Gasteiger partial charge in [0.15, 0.2) is 0 Å². The highest BCUT2D eigenvalue weighted by Crippen LogP contribution is 2.25. The normalized spacial score (nSPS) is 18.7. The van der Waals surface area contributed by atoms with Gasteiger partial charge in [0, 0.05) is 6.04 Å². The van der Waals surface area contributed by atoms with Crippen LogP contribution >= 0.6 is 11.3 Å². The van der Waals surface area contributed by atoms with Gasteiger partial charge in [0.05, 0.1) is 13.1 Å². The van der Waals surface area contributed by atoms with Gasteiger partial charge in [-0.2, -0.15) is 11.3 Å². The number of rotatable bonds is 6. The lowest BCUT2D eigenvalue weighted by Crippen LogP contribution is -2.42. The smallest absolute Gasteiger partial charge is 0.234 e. The van der Waals surface area contributed by atoms with Crippen LogP contribution in [0.2, 0.25) is 0 Å². The molecule has 2 N–H and O–H groups in total. The zero-order valence-electron chi connectivity index (χ0n) is 10.8.